The summed E-state index contributed by atoms with van der Waals surface area (Å²) in [6.07, 6.45) is 9.10. The van der Waals surface area contributed by atoms with E-state index in [-0.39, 0.29) is 18.4 Å². The summed E-state index contributed by atoms with van der Waals surface area (Å²) in [4.78, 5) is 25.3. The zero-order valence-corrected chi connectivity index (χ0v) is 15.5. The van der Waals surface area contributed by atoms with Crippen LogP contribution in [0.4, 0.5) is 4.79 Å². The maximum absolute atomic E-state index is 12.2. The van der Waals surface area contributed by atoms with Crippen LogP contribution < -0.4 is 5.32 Å². The number of hydrogen-bond acceptors (Lipinski definition) is 5. The van der Waals surface area contributed by atoms with Gasteiger partial charge in [-0.25, -0.2) is 9.48 Å². The number of aromatic nitrogens is 3. The average molecular weight is 363 g/mol. The number of urea groups is 1. The highest BCUT2D eigenvalue weighted by atomic mass is 16.5. The SMILES string of the molecule is CCOC(=O)CCNC(=O)N1CCC(n2cc(C3CCCC3)nn2)CC1. The highest BCUT2D eigenvalue weighted by Gasteiger charge is 2.26. The summed E-state index contributed by atoms with van der Waals surface area (Å²) in [5.74, 6) is 0.296. The van der Waals surface area contributed by atoms with Gasteiger partial charge < -0.3 is 15.0 Å². The molecule has 0 bridgehead atoms. The number of rotatable bonds is 6. The van der Waals surface area contributed by atoms with Crippen LogP contribution in [-0.4, -0.2) is 58.1 Å². The molecule has 1 saturated heterocycles. The largest absolute Gasteiger partial charge is 0.466 e. The fraction of sp³-hybridized carbons (Fsp3) is 0.778. The molecule has 1 N–H and O–H groups in total. The first-order valence-electron chi connectivity index (χ1n) is 9.77. The molecule has 2 fully saturated rings. The number of ether oxygens (including phenoxy) is 1. The van der Waals surface area contributed by atoms with Crippen LogP contribution in [0.2, 0.25) is 0 Å². The molecule has 26 heavy (non-hydrogen) atoms. The van der Waals surface area contributed by atoms with Gasteiger partial charge in [-0.2, -0.15) is 0 Å². The standard InChI is InChI=1S/C18H29N5O3/c1-2-26-17(24)7-10-19-18(25)22-11-8-15(9-12-22)23-13-16(20-21-23)14-5-3-4-6-14/h13-15H,2-12H2,1H3,(H,19,25). The van der Waals surface area contributed by atoms with E-state index in [1.165, 1.54) is 25.7 Å². The van der Waals surface area contributed by atoms with Crippen molar-refractivity contribution in [2.75, 3.05) is 26.2 Å². The number of esters is 1. The van der Waals surface area contributed by atoms with Crippen molar-refractivity contribution < 1.29 is 14.3 Å². The minimum atomic E-state index is -0.282. The molecule has 2 heterocycles. The predicted molar refractivity (Wildman–Crippen MR) is 95.7 cm³/mol. The first-order valence-corrected chi connectivity index (χ1v) is 9.77. The normalized spacial score (nSPS) is 18.9. The van der Waals surface area contributed by atoms with E-state index in [0.717, 1.165) is 18.5 Å². The van der Waals surface area contributed by atoms with E-state index in [1.807, 2.05) is 4.68 Å². The Labute approximate surface area is 154 Å². The maximum Gasteiger partial charge on any atom is 0.317 e. The first-order chi connectivity index (χ1) is 12.7. The molecule has 8 nitrogen and oxygen atoms in total. The van der Waals surface area contributed by atoms with Gasteiger partial charge in [0.05, 0.1) is 24.8 Å². The van der Waals surface area contributed by atoms with Crippen molar-refractivity contribution in [3.8, 4) is 0 Å². The molecule has 1 aliphatic heterocycles. The lowest BCUT2D eigenvalue weighted by Gasteiger charge is -2.31. The van der Waals surface area contributed by atoms with Crippen molar-refractivity contribution in [1.29, 1.82) is 0 Å². The van der Waals surface area contributed by atoms with Crippen LogP contribution in [0.25, 0.3) is 0 Å². The molecule has 0 radical (unpaired) electrons. The van der Waals surface area contributed by atoms with Gasteiger partial charge in [-0.1, -0.05) is 18.1 Å². The summed E-state index contributed by atoms with van der Waals surface area (Å²) in [5.41, 5.74) is 1.13. The Bertz CT molecular complexity index is 604. The molecule has 0 aromatic carbocycles. The molecule has 1 aromatic heterocycles. The summed E-state index contributed by atoms with van der Waals surface area (Å²) < 4.78 is 6.84. The van der Waals surface area contributed by atoms with Crippen molar-refractivity contribution in [2.24, 2.45) is 0 Å². The topological polar surface area (TPSA) is 89.4 Å². The van der Waals surface area contributed by atoms with Crippen molar-refractivity contribution in [3.05, 3.63) is 11.9 Å². The summed E-state index contributed by atoms with van der Waals surface area (Å²) in [7, 11) is 0. The first kappa shape index (κ1) is 18.7. The Morgan fingerprint density at radius 1 is 1.23 bits per heavy atom. The highest BCUT2D eigenvalue weighted by Crippen LogP contribution is 2.33. The molecular formula is C18H29N5O3. The third-order valence-electron chi connectivity index (χ3n) is 5.34. The number of likely N-dealkylation sites (tertiary alicyclic amines) is 1. The number of hydrogen-bond donors (Lipinski definition) is 1. The molecule has 144 valence electrons. The van der Waals surface area contributed by atoms with Crippen LogP contribution in [0.1, 0.15) is 69.5 Å². The van der Waals surface area contributed by atoms with Crippen LogP contribution in [0.15, 0.2) is 6.20 Å². The van der Waals surface area contributed by atoms with E-state index in [1.54, 1.807) is 11.8 Å². The van der Waals surface area contributed by atoms with Crippen LogP contribution in [-0.2, 0) is 9.53 Å². The zero-order chi connectivity index (χ0) is 18.4. The van der Waals surface area contributed by atoms with E-state index >= 15 is 0 Å². The van der Waals surface area contributed by atoms with Crippen LogP contribution in [0.3, 0.4) is 0 Å². The number of nitrogens with zero attached hydrogens (tertiary/aromatic N) is 4. The Balaban J connectivity index is 1.41. The molecule has 1 saturated carbocycles. The quantitative estimate of drug-likeness (QED) is 0.783. The lowest BCUT2D eigenvalue weighted by Crippen LogP contribution is -2.45. The van der Waals surface area contributed by atoms with Crippen molar-refractivity contribution in [2.45, 2.75) is 63.8 Å². The second kappa shape index (κ2) is 9.00. The minimum absolute atomic E-state index is 0.113. The van der Waals surface area contributed by atoms with Crippen molar-refractivity contribution >= 4 is 12.0 Å². The molecule has 3 rings (SSSR count). The van der Waals surface area contributed by atoms with Crippen molar-refractivity contribution in [1.82, 2.24) is 25.2 Å². The van der Waals surface area contributed by atoms with E-state index in [2.05, 4.69) is 21.8 Å². The number of piperidine rings is 1. The fourth-order valence-corrected chi connectivity index (χ4v) is 3.83. The van der Waals surface area contributed by atoms with Gasteiger partial charge in [-0.05, 0) is 32.6 Å². The van der Waals surface area contributed by atoms with Crippen LogP contribution >= 0.6 is 0 Å². The summed E-state index contributed by atoms with van der Waals surface area (Å²) in [6, 6.07) is 0.194. The van der Waals surface area contributed by atoms with Crippen molar-refractivity contribution in [3.63, 3.8) is 0 Å². The summed E-state index contributed by atoms with van der Waals surface area (Å²) in [5, 5.41) is 11.5. The van der Waals surface area contributed by atoms with E-state index in [4.69, 9.17) is 4.74 Å². The Hall–Kier alpha value is -2.12. The van der Waals surface area contributed by atoms with Gasteiger partial charge >= 0.3 is 12.0 Å². The molecule has 2 amide bonds. The number of amides is 2. The maximum atomic E-state index is 12.2. The second-order valence-electron chi connectivity index (χ2n) is 7.11. The van der Waals surface area contributed by atoms with Gasteiger partial charge in [-0.15, -0.1) is 5.10 Å². The monoisotopic (exact) mass is 363 g/mol. The Morgan fingerprint density at radius 3 is 2.65 bits per heavy atom. The number of carbonyl (C=O) groups excluding carboxylic acids is 2. The molecule has 8 heteroatoms. The molecule has 1 aliphatic carbocycles. The highest BCUT2D eigenvalue weighted by molar-refractivity contribution is 5.75. The lowest BCUT2D eigenvalue weighted by molar-refractivity contribution is -0.142. The van der Waals surface area contributed by atoms with E-state index in [0.29, 0.717) is 38.2 Å². The number of carbonyl (C=O) groups is 2. The second-order valence-corrected chi connectivity index (χ2v) is 7.11. The molecule has 0 spiro atoms. The third-order valence-corrected chi connectivity index (χ3v) is 5.34. The van der Waals surface area contributed by atoms with Gasteiger partial charge in [0.1, 0.15) is 0 Å². The fourth-order valence-electron chi connectivity index (χ4n) is 3.83. The molecule has 2 aliphatic rings. The third kappa shape index (κ3) is 4.74. The molecule has 1 aromatic rings. The van der Waals surface area contributed by atoms with Crippen LogP contribution in [0, 0.1) is 0 Å². The van der Waals surface area contributed by atoms with Gasteiger partial charge in [-0.3, -0.25) is 4.79 Å². The zero-order valence-electron chi connectivity index (χ0n) is 15.5. The minimum Gasteiger partial charge on any atom is -0.466 e. The van der Waals surface area contributed by atoms with Gasteiger partial charge in [0.2, 0.25) is 0 Å². The van der Waals surface area contributed by atoms with Gasteiger partial charge in [0.25, 0.3) is 0 Å². The van der Waals surface area contributed by atoms with Gasteiger partial charge in [0.15, 0.2) is 0 Å². The predicted octanol–water partition coefficient (Wildman–Crippen LogP) is 2.24. The Kier molecular flexibility index (Phi) is 6.46. The molecular weight excluding hydrogens is 334 g/mol. The van der Waals surface area contributed by atoms with Crippen LogP contribution in [0.5, 0.6) is 0 Å². The average Bonchev–Trinajstić information content (AvgIpc) is 3.33. The lowest BCUT2D eigenvalue weighted by atomic mass is 10.0. The smallest absolute Gasteiger partial charge is 0.317 e. The van der Waals surface area contributed by atoms with E-state index in [9.17, 15) is 9.59 Å². The summed E-state index contributed by atoms with van der Waals surface area (Å²) >= 11 is 0. The molecule has 0 atom stereocenters. The molecule has 0 unspecified atom stereocenters. The van der Waals surface area contributed by atoms with E-state index < -0.39 is 0 Å². The van der Waals surface area contributed by atoms with Gasteiger partial charge in [0, 0.05) is 31.7 Å². The Morgan fingerprint density at radius 2 is 1.96 bits per heavy atom. The summed E-state index contributed by atoms with van der Waals surface area (Å²) in [6.45, 7) is 3.83. The number of nitrogens with one attached hydrogen (secondary N) is 1.